The van der Waals surface area contributed by atoms with Crippen LogP contribution < -0.4 is 5.32 Å². The van der Waals surface area contributed by atoms with Crippen molar-refractivity contribution in [2.24, 2.45) is 5.92 Å². The molecule has 0 aromatic heterocycles. The van der Waals surface area contributed by atoms with Crippen molar-refractivity contribution in [2.45, 2.75) is 38.6 Å². The summed E-state index contributed by atoms with van der Waals surface area (Å²) in [5.74, 6) is 0.408. The van der Waals surface area contributed by atoms with Gasteiger partial charge >= 0.3 is 0 Å². The predicted molar refractivity (Wildman–Crippen MR) is 66.4 cm³/mol. The fourth-order valence-electron chi connectivity index (χ4n) is 2.55. The maximum atomic E-state index is 12.9. The zero-order valence-electron chi connectivity index (χ0n) is 10.2. The van der Waals surface area contributed by atoms with Crippen molar-refractivity contribution in [3.05, 3.63) is 29.6 Å². The summed E-state index contributed by atoms with van der Waals surface area (Å²) in [6.07, 6.45) is 5.27. The van der Waals surface area contributed by atoms with Crippen LogP contribution in [0.5, 0.6) is 5.75 Å². The Hall–Kier alpha value is -1.09. The van der Waals surface area contributed by atoms with Crippen LogP contribution in [0.4, 0.5) is 4.39 Å². The van der Waals surface area contributed by atoms with Gasteiger partial charge in [-0.25, -0.2) is 4.39 Å². The summed E-state index contributed by atoms with van der Waals surface area (Å²) in [5, 5.41) is 13.1. The quantitative estimate of drug-likeness (QED) is 0.841. The van der Waals surface area contributed by atoms with Gasteiger partial charge in [-0.1, -0.05) is 18.9 Å². The highest BCUT2D eigenvalue weighted by Gasteiger charge is 2.17. The Labute approximate surface area is 102 Å². The van der Waals surface area contributed by atoms with E-state index in [9.17, 15) is 9.50 Å². The monoisotopic (exact) mass is 237 g/mol. The maximum Gasteiger partial charge on any atom is 0.126 e. The largest absolute Gasteiger partial charge is 0.508 e. The van der Waals surface area contributed by atoms with Crippen molar-refractivity contribution in [1.29, 1.82) is 0 Å². The van der Waals surface area contributed by atoms with Crippen molar-refractivity contribution in [1.82, 2.24) is 5.32 Å². The summed E-state index contributed by atoms with van der Waals surface area (Å²) in [6.45, 7) is 2.99. The van der Waals surface area contributed by atoms with Crippen molar-refractivity contribution >= 4 is 0 Å². The van der Waals surface area contributed by atoms with Crippen LogP contribution in [-0.4, -0.2) is 11.7 Å². The van der Waals surface area contributed by atoms with Gasteiger partial charge < -0.3 is 10.4 Å². The molecule has 0 amide bonds. The molecular weight excluding hydrogens is 217 g/mol. The van der Waals surface area contributed by atoms with Gasteiger partial charge in [-0.05, 0) is 38.3 Å². The van der Waals surface area contributed by atoms with Gasteiger partial charge in [0.15, 0.2) is 0 Å². The van der Waals surface area contributed by atoms with Crippen LogP contribution in [0.2, 0.25) is 0 Å². The lowest BCUT2D eigenvalue weighted by Gasteiger charge is -2.18. The number of benzene rings is 1. The first-order valence-electron chi connectivity index (χ1n) is 6.38. The number of phenols is 1. The summed E-state index contributed by atoms with van der Waals surface area (Å²) in [5.41, 5.74) is 0.768. The van der Waals surface area contributed by atoms with Gasteiger partial charge in [-0.3, -0.25) is 0 Å². The molecule has 0 bridgehead atoms. The SMILES string of the molecule is CC(NCC1CCCC1)c1ccc(F)cc1O. The molecule has 0 aliphatic heterocycles. The number of rotatable bonds is 4. The Bertz CT molecular complexity index is 374. The molecule has 1 aromatic rings. The van der Waals surface area contributed by atoms with Crippen molar-refractivity contribution < 1.29 is 9.50 Å². The standard InChI is InChI=1S/C14H20FNO/c1-10(16-9-11-4-2-3-5-11)13-7-6-12(15)8-14(13)17/h6-8,10-11,16-17H,2-5,9H2,1H3. The summed E-state index contributed by atoms with van der Waals surface area (Å²) in [7, 11) is 0. The molecule has 1 saturated carbocycles. The van der Waals surface area contributed by atoms with Gasteiger partial charge in [0, 0.05) is 17.7 Å². The number of nitrogens with one attached hydrogen (secondary N) is 1. The van der Waals surface area contributed by atoms with E-state index in [0.29, 0.717) is 0 Å². The summed E-state index contributed by atoms with van der Waals surface area (Å²) in [4.78, 5) is 0. The van der Waals surface area contributed by atoms with E-state index in [4.69, 9.17) is 0 Å². The van der Waals surface area contributed by atoms with Crippen LogP contribution in [0, 0.1) is 11.7 Å². The summed E-state index contributed by atoms with van der Waals surface area (Å²) >= 11 is 0. The predicted octanol–water partition coefficient (Wildman–Crippen LogP) is 3.37. The minimum absolute atomic E-state index is 0.0384. The number of phenolic OH excluding ortho intramolecular Hbond substituents is 1. The molecule has 0 spiro atoms. The topological polar surface area (TPSA) is 32.3 Å². The fraction of sp³-hybridized carbons (Fsp3) is 0.571. The smallest absolute Gasteiger partial charge is 0.126 e. The Morgan fingerprint density at radius 1 is 1.41 bits per heavy atom. The summed E-state index contributed by atoms with van der Waals surface area (Å²) in [6, 6.07) is 4.28. The third-order valence-corrected chi connectivity index (χ3v) is 3.65. The average Bonchev–Trinajstić information content (AvgIpc) is 2.78. The fourth-order valence-corrected chi connectivity index (χ4v) is 2.55. The van der Waals surface area contributed by atoms with Crippen LogP contribution >= 0.6 is 0 Å². The van der Waals surface area contributed by atoms with Crippen molar-refractivity contribution in [3.8, 4) is 5.75 Å². The molecule has 2 N–H and O–H groups in total. The van der Waals surface area contributed by atoms with Crippen LogP contribution in [0.25, 0.3) is 0 Å². The number of halogens is 1. The van der Waals surface area contributed by atoms with Crippen molar-refractivity contribution in [2.75, 3.05) is 6.54 Å². The lowest BCUT2D eigenvalue weighted by molar-refractivity contribution is 0.424. The lowest BCUT2D eigenvalue weighted by atomic mass is 10.0. The number of aromatic hydroxyl groups is 1. The lowest BCUT2D eigenvalue weighted by Crippen LogP contribution is -2.24. The van der Waals surface area contributed by atoms with Crippen LogP contribution in [0.3, 0.4) is 0 Å². The summed E-state index contributed by atoms with van der Waals surface area (Å²) < 4.78 is 12.9. The molecule has 94 valence electrons. The van der Waals surface area contributed by atoms with E-state index >= 15 is 0 Å². The molecule has 1 fully saturated rings. The second kappa shape index (κ2) is 5.50. The molecule has 1 unspecified atom stereocenters. The molecule has 0 heterocycles. The molecule has 1 aliphatic rings. The Morgan fingerprint density at radius 3 is 2.76 bits per heavy atom. The number of hydrogen-bond acceptors (Lipinski definition) is 2. The Balaban J connectivity index is 1.91. The van der Waals surface area contributed by atoms with Gasteiger partial charge in [-0.15, -0.1) is 0 Å². The highest BCUT2D eigenvalue weighted by molar-refractivity contribution is 5.34. The van der Waals surface area contributed by atoms with E-state index in [0.717, 1.165) is 18.0 Å². The molecular formula is C14H20FNO. The molecule has 1 aliphatic carbocycles. The van der Waals surface area contributed by atoms with Gasteiger partial charge in [-0.2, -0.15) is 0 Å². The first-order chi connectivity index (χ1) is 8.16. The van der Waals surface area contributed by atoms with Crippen LogP contribution in [-0.2, 0) is 0 Å². The first-order valence-corrected chi connectivity index (χ1v) is 6.38. The third-order valence-electron chi connectivity index (χ3n) is 3.65. The van der Waals surface area contributed by atoms with Crippen LogP contribution in [0.15, 0.2) is 18.2 Å². The first kappa shape index (κ1) is 12.4. The van der Waals surface area contributed by atoms with Gasteiger partial charge in [0.2, 0.25) is 0 Å². The molecule has 3 heteroatoms. The third kappa shape index (κ3) is 3.19. The zero-order chi connectivity index (χ0) is 12.3. The average molecular weight is 237 g/mol. The molecule has 1 aromatic carbocycles. The van der Waals surface area contributed by atoms with E-state index in [1.807, 2.05) is 6.92 Å². The second-order valence-electron chi connectivity index (χ2n) is 4.98. The highest BCUT2D eigenvalue weighted by atomic mass is 19.1. The molecule has 2 rings (SSSR count). The second-order valence-corrected chi connectivity index (χ2v) is 4.98. The van der Waals surface area contributed by atoms with Crippen LogP contribution in [0.1, 0.15) is 44.2 Å². The molecule has 2 nitrogen and oxygen atoms in total. The minimum atomic E-state index is -0.394. The maximum absolute atomic E-state index is 12.9. The molecule has 17 heavy (non-hydrogen) atoms. The van der Waals surface area contributed by atoms with E-state index < -0.39 is 5.82 Å². The molecule has 1 atom stereocenters. The normalized spacial score (nSPS) is 18.5. The van der Waals surface area contributed by atoms with E-state index in [1.165, 1.54) is 37.8 Å². The Kier molecular flexibility index (Phi) is 4.00. The Morgan fingerprint density at radius 2 is 2.12 bits per heavy atom. The van der Waals surface area contributed by atoms with Crippen molar-refractivity contribution in [3.63, 3.8) is 0 Å². The van der Waals surface area contributed by atoms with Gasteiger partial charge in [0.1, 0.15) is 11.6 Å². The van der Waals surface area contributed by atoms with Gasteiger partial charge in [0.05, 0.1) is 0 Å². The molecule has 0 saturated heterocycles. The number of hydrogen-bond donors (Lipinski definition) is 2. The highest BCUT2D eigenvalue weighted by Crippen LogP contribution is 2.27. The van der Waals surface area contributed by atoms with E-state index in [2.05, 4.69) is 5.32 Å². The minimum Gasteiger partial charge on any atom is -0.508 e. The zero-order valence-corrected chi connectivity index (χ0v) is 10.2. The van der Waals surface area contributed by atoms with E-state index in [1.54, 1.807) is 6.07 Å². The van der Waals surface area contributed by atoms with E-state index in [-0.39, 0.29) is 11.8 Å². The van der Waals surface area contributed by atoms with Gasteiger partial charge in [0.25, 0.3) is 0 Å². The molecule has 0 radical (unpaired) electrons.